The standard InChI is InChI=1S/C11H18N2O4S/c1-2-3-6-13(7-8-14)18(16,17)11-9-12-5-4-10(11)15/h4-5,9,14H,2-3,6-8H2,1H3,(H,12,15). The molecule has 0 aromatic carbocycles. The minimum atomic E-state index is -3.84. The van der Waals surface area contributed by atoms with E-state index < -0.39 is 15.5 Å². The number of sulfonamides is 1. The maximum atomic E-state index is 12.2. The van der Waals surface area contributed by atoms with Gasteiger partial charge in [0.25, 0.3) is 0 Å². The molecule has 2 N–H and O–H groups in total. The van der Waals surface area contributed by atoms with Crippen LogP contribution in [0, 0.1) is 0 Å². The number of nitrogens with zero attached hydrogens (tertiary/aromatic N) is 1. The van der Waals surface area contributed by atoms with E-state index in [9.17, 15) is 13.2 Å². The Balaban J connectivity index is 3.09. The fraction of sp³-hybridized carbons (Fsp3) is 0.545. The molecule has 0 saturated heterocycles. The summed E-state index contributed by atoms with van der Waals surface area (Å²) in [4.78, 5) is 13.9. The zero-order valence-electron chi connectivity index (χ0n) is 10.3. The Bertz CT molecular complexity index is 524. The smallest absolute Gasteiger partial charge is 0.248 e. The van der Waals surface area contributed by atoms with Crippen molar-refractivity contribution in [2.45, 2.75) is 24.7 Å². The highest BCUT2D eigenvalue weighted by Gasteiger charge is 2.25. The third kappa shape index (κ3) is 3.41. The van der Waals surface area contributed by atoms with E-state index >= 15 is 0 Å². The molecule has 0 aliphatic heterocycles. The van der Waals surface area contributed by atoms with Gasteiger partial charge in [0.15, 0.2) is 0 Å². The molecule has 0 unspecified atom stereocenters. The maximum Gasteiger partial charge on any atom is 0.248 e. The Labute approximate surface area is 106 Å². The molecule has 0 bridgehead atoms. The SMILES string of the molecule is CCCCN(CCO)S(=O)(=O)c1c[nH]ccc1=O. The van der Waals surface area contributed by atoms with Crippen molar-refractivity contribution in [2.24, 2.45) is 0 Å². The molecule has 0 radical (unpaired) electrons. The van der Waals surface area contributed by atoms with Gasteiger partial charge in [0, 0.05) is 31.5 Å². The summed E-state index contributed by atoms with van der Waals surface area (Å²) in [5.74, 6) is 0. The molecule has 0 spiro atoms. The van der Waals surface area contributed by atoms with Crippen molar-refractivity contribution in [1.29, 1.82) is 0 Å². The highest BCUT2D eigenvalue weighted by molar-refractivity contribution is 7.89. The summed E-state index contributed by atoms with van der Waals surface area (Å²) in [5.41, 5.74) is -0.548. The molecule has 18 heavy (non-hydrogen) atoms. The minimum Gasteiger partial charge on any atom is -0.395 e. The number of hydrogen-bond acceptors (Lipinski definition) is 4. The van der Waals surface area contributed by atoms with Gasteiger partial charge in [0.2, 0.25) is 15.5 Å². The molecular weight excluding hydrogens is 256 g/mol. The van der Waals surface area contributed by atoms with Crippen LogP contribution in [-0.2, 0) is 10.0 Å². The van der Waals surface area contributed by atoms with Crippen molar-refractivity contribution in [3.63, 3.8) is 0 Å². The quantitative estimate of drug-likeness (QED) is 0.741. The Hall–Kier alpha value is -1.18. The van der Waals surface area contributed by atoms with Crippen molar-refractivity contribution in [3.8, 4) is 0 Å². The van der Waals surface area contributed by atoms with Crippen LogP contribution >= 0.6 is 0 Å². The van der Waals surface area contributed by atoms with Crippen LogP contribution in [0.25, 0.3) is 0 Å². The van der Waals surface area contributed by atoms with Crippen LogP contribution in [0.3, 0.4) is 0 Å². The summed E-state index contributed by atoms with van der Waals surface area (Å²) in [6, 6.07) is 1.17. The number of pyridine rings is 1. The largest absolute Gasteiger partial charge is 0.395 e. The lowest BCUT2D eigenvalue weighted by Gasteiger charge is -2.20. The fourth-order valence-corrected chi connectivity index (χ4v) is 3.05. The lowest BCUT2D eigenvalue weighted by atomic mass is 10.3. The van der Waals surface area contributed by atoms with E-state index in [1.165, 1.54) is 18.5 Å². The zero-order chi connectivity index (χ0) is 13.6. The number of aromatic nitrogens is 1. The van der Waals surface area contributed by atoms with E-state index in [1.54, 1.807) is 0 Å². The number of aromatic amines is 1. The molecule has 7 heteroatoms. The van der Waals surface area contributed by atoms with Gasteiger partial charge in [0.05, 0.1) is 6.61 Å². The molecule has 0 fully saturated rings. The summed E-state index contributed by atoms with van der Waals surface area (Å²) >= 11 is 0. The lowest BCUT2D eigenvalue weighted by molar-refractivity contribution is 0.252. The van der Waals surface area contributed by atoms with Gasteiger partial charge in [0.1, 0.15) is 4.90 Å². The maximum absolute atomic E-state index is 12.2. The van der Waals surface area contributed by atoms with Crippen LogP contribution in [0.2, 0.25) is 0 Å². The van der Waals surface area contributed by atoms with Crippen LogP contribution < -0.4 is 5.43 Å². The van der Waals surface area contributed by atoms with Gasteiger partial charge in [-0.25, -0.2) is 8.42 Å². The number of hydrogen-bond donors (Lipinski definition) is 2. The first-order valence-corrected chi connectivity index (χ1v) is 7.26. The Morgan fingerprint density at radius 1 is 1.39 bits per heavy atom. The highest BCUT2D eigenvalue weighted by Crippen LogP contribution is 2.11. The Kier molecular flexibility index (Phi) is 5.52. The number of aliphatic hydroxyl groups is 1. The van der Waals surface area contributed by atoms with Crippen LogP contribution in [0.1, 0.15) is 19.8 Å². The number of aliphatic hydroxyl groups excluding tert-OH is 1. The third-order valence-corrected chi connectivity index (χ3v) is 4.44. The van der Waals surface area contributed by atoms with Gasteiger partial charge in [-0.2, -0.15) is 4.31 Å². The molecule has 1 aromatic rings. The second-order valence-electron chi connectivity index (χ2n) is 3.85. The van der Waals surface area contributed by atoms with E-state index in [0.717, 1.165) is 10.7 Å². The van der Waals surface area contributed by atoms with Gasteiger partial charge in [-0.15, -0.1) is 0 Å². The molecule has 0 amide bonds. The van der Waals surface area contributed by atoms with Crippen molar-refractivity contribution in [1.82, 2.24) is 9.29 Å². The topological polar surface area (TPSA) is 90.5 Å². The van der Waals surface area contributed by atoms with Crippen molar-refractivity contribution in [2.75, 3.05) is 19.7 Å². The average Bonchev–Trinajstić information content (AvgIpc) is 2.34. The molecule has 1 heterocycles. The summed E-state index contributed by atoms with van der Waals surface area (Å²) < 4.78 is 25.6. The molecule has 6 nitrogen and oxygen atoms in total. The van der Waals surface area contributed by atoms with Gasteiger partial charge in [-0.3, -0.25) is 4.79 Å². The van der Waals surface area contributed by atoms with Gasteiger partial charge >= 0.3 is 0 Å². The van der Waals surface area contributed by atoms with Crippen molar-refractivity contribution >= 4 is 10.0 Å². The number of rotatable bonds is 7. The van der Waals surface area contributed by atoms with Crippen LogP contribution in [-0.4, -0.2) is 42.5 Å². The number of nitrogens with one attached hydrogen (secondary N) is 1. The Morgan fingerprint density at radius 3 is 2.67 bits per heavy atom. The molecule has 0 atom stereocenters. The molecular formula is C11H18N2O4S. The van der Waals surface area contributed by atoms with Crippen LogP contribution in [0.15, 0.2) is 28.2 Å². The molecule has 0 saturated carbocycles. The third-order valence-electron chi connectivity index (χ3n) is 2.52. The summed E-state index contributed by atoms with van der Waals surface area (Å²) in [6.45, 7) is 1.97. The van der Waals surface area contributed by atoms with E-state index in [-0.39, 0.29) is 18.0 Å². The average molecular weight is 274 g/mol. The first kappa shape index (κ1) is 14.9. The van der Waals surface area contributed by atoms with Crippen LogP contribution in [0.5, 0.6) is 0 Å². The predicted octanol–water partition coefficient (Wildman–Crippen LogP) is 0.158. The second-order valence-corrected chi connectivity index (χ2v) is 5.76. The van der Waals surface area contributed by atoms with E-state index in [2.05, 4.69) is 4.98 Å². The first-order chi connectivity index (χ1) is 8.54. The monoisotopic (exact) mass is 274 g/mol. The van der Waals surface area contributed by atoms with Gasteiger partial charge < -0.3 is 10.1 Å². The van der Waals surface area contributed by atoms with Crippen molar-refractivity contribution < 1.29 is 13.5 Å². The van der Waals surface area contributed by atoms with Gasteiger partial charge in [-0.1, -0.05) is 13.3 Å². The van der Waals surface area contributed by atoms with E-state index in [0.29, 0.717) is 13.0 Å². The summed E-state index contributed by atoms with van der Waals surface area (Å²) in [7, 11) is -3.84. The summed E-state index contributed by atoms with van der Waals surface area (Å²) in [6.07, 6.45) is 4.07. The van der Waals surface area contributed by atoms with E-state index in [1.807, 2.05) is 6.92 Å². The molecule has 1 rings (SSSR count). The number of unbranched alkanes of at least 4 members (excludes halogenated alkanes) is 1. The van der Waals surface area contributed by atoms with E-state index in [4.69, 9.17) is 5.11 Å². The fourth-order valence-electron chi connectivity index (χ4n) is 1.54. The van der Waals surface area contributed by atoms with Gasteiger partial charge in [-0.05, 0) is 6.42 Å². The first-order valence-electron chi connectivity index (χ1n) is 5.82. The summed E-state index contributed by atoms with van der Waals surface area (Å²) in [5, 5.41) is 8.92. The Morgan fingerprint density at radius 2 is 2.11 bits per heavy atom. The molecule has 0 aliphatic rings. The predicted molar refractivity (Wildman–Crippen MR) is 67.8 cm³/mol. The lowest BCUT2D eigenvalue weighted by Crippen LogP contribution is -2.36. The highest BCUT2D eigenvalue weighted by atomic mass is 32.2. The second kappa shape index (κ2) is 6.67. The molecule has 1 aromatic heterocycles. The van der Waals surface area contributed by atoms with Crippen LogP contribution in [0.4, 0.5) is 0 Å². The zero-order valence-corrected chi connectivity index (χ0v) is 11.1. The molecule has 102 valence electrons. The normalized spacial score (nSPS) is 11.9. The van der Waals surface area contributed by atoms with Crippen molar-refractivity contribution in [3.05, 3.63) is 28.7 Å². The minimum absolute atomic E-state index is 0.00331. The molecule has 0 aliphatic carbocycles. The number of H-pyrrole nitrogens is 1.